The molecule has 32 heavy (non-hydrogen) atoms. The summed E-state index contributed by atoms with van der Waals surface area (Å²) in [6, 6.07) is 10.5. The Morgan fingerprint density at radius 1 is 1.03 bits per heavy atom. The summed E-state index contributed by atoms with van der Waals surface area (Å²) in [4.78, 5) is 15.0. The molecule has 10 nitrogen and oxygen atoms in total. The van der Waals surface area contributed by atoms with Gasteiger partial charge in [0.2, 0.25) is 11.7 Å². The van der Waals surface area contributed by atoms with Gasteiger partial charge in [0.1, 0.15) is 5.75 Å². The van der Waals surface area contributed by atoms with Gasteiger partial charge in [0, 0.05) is 11.1 Å². The van der Waals surface area contributed by atoms with Crippen LogP contribution in [0, 0.1) is 0 Å². The van der Waals surface area contributed by atoms with E-state index in [1.807, 2.05) is 6.92 Å². The highest BCUT2D eigenvalue weighted by Crippen LogP contribution is 2.38. The minimum atomic E-state index is -0.399. The monoisotopic (exact) mass is 439 g/mol. The molecular formula is C22H25N5O5. The topological polar surface area (TPSA) is 120 Å². The van der Waals surface area contributed by atoms with Crippen molar-refractivity contribution in [3.8, 4) is 34.3 Å². The fourth-order valence-corrected chi connectivity index (χ4v) is 2.81. The number of aromatic amines is 1. The van der Waals surface area contributed by atoms with Crippen LogP contribution in [-0.2, 0) is 0 Å². The lowest BCUT2D eigenvalue weighted by Gasteiger charge is -2.14. The molecule has 3 aromatic rings. The molecule has 0 spiro atoms. The molecule has 0 fully saturated rings. The Kier molecular flexibility index (Phi) is 7.63. The van der Waals surface area contributed by atoms with Crippen molar-refractivity contribution < 1.29 is 18.9 Å². The molecule has 1 heterocycles. The summed E-state index contributed by atoms with van der Waals surface area (Å²) < 4.78 is 21.7. The highest BCUT2D eigenvalue weighted by Gasteiger charge is 2.13. The number of ether oxygens (including phenoxy) is 4. The van der Waals surface area contributed by atoms with E-state index in [-0.39, 0.29) is 11.6 Å². The van der Waals surface area contributed by atoms with Crippen LogP contribution in [0.25, 0.3) is 11.3 Å². The number of anilines is 1. The van der Waals surface area contributed by atoms with Crippen molar-refractivity contribution in [1.82, 2.24) is 15.2 Å². The van der Waals surface area contributed by atoms with Gasteiger partial charge in [-0.15, -0.1) is 10.2 Å². The van der Waals surface area contributed by atoms with E-state index in [2.05, 4.69) is 25.7 Å². The molecule has 1 aromatic heterocycles. The van der Waals surface area contributed by atoms with Crippen LogP contribution >= 0.6 is 0 Å². The minimum absolute atomic E-state index is 0.102. The zero-order valence-corrected chi connectivity index (χ0v) is 18.3. The number of H-pyrrole nitrogens is 1. The summed E-state index contributed by atoms with van der Waals surface area (Å²) in [5.41, 5.74) is 3.78. The van der Waals surface area contributed by atoms with Crippen LogP contribution in [0.2, 0.25) is 0 Å². The third-order valence-electron chi connectivity index (χ3n) is 4.38. The smallest absolute Gasteiger partial charge is 0.279 e. The molecule has 0 amide bonds. The SMILES string of the molecule is CCCOc1c(OC)cc(/C=N/Nc2nnc(-c3ccc(OC)cc3)c(=O)[nH]2)cc1OC. The van der Waals surface area contributed by atoms with Gasteiger partial charge in [-0.25, -0.2) is 5.43 Å². The van der Waals surface area contributed by atoms with Crippen molar-refractivity contribution in [3.05, 3.63) is 52.3 Å². The van der Waals surface area contributed by atoms with Gasteiger partial charge in [0.25, 0.3) is 5.56 Å². The summed E-state index contributed by atoms with van der Waals surface area (Å²) >= 11 is 0. The van der Waals surface area contributed by atoms with Crippen molar-refractivity contribution in [2.24, 2.45) is 5.10 Å². The fraction of sp³-hybridized carbons (Fsp3) is 0.273. The van der Waals surface area contributed by atoms with Gasteiger partial charge in [-0.2, -0.15) is 5.10 Å². The van der Waals surface area contributed by atoms with Gasteiger partial charge in [-0.3, -0.25) is 9.78 Å². The first-order chi connectivity index (χ1) is 15.6. The number of hydrazone groups is 1. The van der Waals surface area contributed by atoms with Gasteiger partial charge in [-0.05, 0) is 42.8 Å². The lowest BCUT2D eigenvalue weighted by Crippen LogP contribution is -2.15. The maximum Gasteiger partial charge on any atom is 0.279 e. The summed E-state index contributed by atoms with van der Waals surface area (Å²) in [6.45, 7) is 2.56. The summed E-state index contributed by atoms with van der Waals surface area (Å²) in [7, 11) is 4.68. The van der Waals surface area contributed by atoms with Crippen LogP contribution in [-0.4, -0.2) is 49.3 Å². The average molecular weight is 439 g/mol. The van der Waals surface area contributed by atoms with Crippen molar-refractivity contribution in [2.75, 3.05) is 33.4 Å². The van der Waals surface area contributed by atoms with E-state index in [1.165, 1.54) is 6.21 Å². The van der Waals surface area contributed by atoms with Gasteiger partial charge >= 0.3 is 0 Å². The molecule has 0 aliphatic rings. The molecule has 0 unspecified atom stereocenters. The number of aromatic nitrogens is 3. The van der Waals surface area contributed by atoms with Crippen LogP contribution in [0.3, 0.4) is 0 Å². The van der Waals surface area contributed by atoms with E-state index >= 15 is 0 Å². The first-order valence-corrected chi connectivity index (χ1v) is 9.88. The van der Waals surface area contributed by atoms with E-state index in [4.69, 9.17) is 18.9 Å². The van der Waals surface area contributed by atoms with Crippen LogP contribution in [0.5, 0.6) is 23.0 Å². The number of nitrogens with zero attached hydrogens (tertiary/aromatic N) is 3. The lowest BCUT2D eigenvalue weighted by molar-refractivity contribution is 0.275. The number of hydrogen-bond acceptors (Lipinski definition) is 9. The Labute approximate surface area is 185 Å². The van der Waals surface area contributed by atoms with Crippen LogP contribution < -0.4 is 29.9 Å². The molecule has 2 aromatic carbocycles. The van der Waals surface area contributed by atoms with E-state index in [1.54, 1.807) is 57.7 Å². The quantitative estimate of drug-likeness (QED) is 0.365. The summed E-state index contributed by atoms with van der Waals surface area (Å²) in [5, 5.41) is 12.1. The molecule has 0 aliphatic carbocycles. The highest BCUT2D eigenvalue weighted by atomic mass is 16.5. The maximum atomic E-state index is 12.4. The van der Waals surface area contributed by atoms with E-state index in [0.29, 0.717) is 40.7 Å². The van der Waals surface area contributed by atoms with Gasteiger partial charge in [-0.1, -0.05) is 6.92 Å². The molecule has 0 saturated heterocycles. The van der Waals surface area contributed by atoms with Crippen molar-refractivity contribution in [2.45, 2.75) is 13.3 Å². The Hall–Kier alpha value is -4.08. The Bertz CT molecular complexity index is 1100. The van der Waals surface area contributed by atoms with Crippen LogP contribution in [0.15, 0.2) is 46.3 Å². The molecule has 2 N–H and O–H groups in total. The van der Waals surface area contributed by atoms with Crippen molar-refractivity contribution in [1.29, 1.82) is 0 Å². The molecule has 0 radical (unpaired) electrons. The first kappa shape index (κ1) is 22.6. The predicted molar refractivity (Wildman–Crippen MR) is 121 cm³/mol. The number of hydrogen-bond donors (Lipinski definition) is 2. The minimum Gasteiger partial charge on any atom is -0.497 e. The Morgan fingerprint density at radius 2 is 1.72 bits per heavy atom. The average Bonchev–Trinajstić information content (AvgIpc) is 2.82. The molecule has 168 valence electrons. The Morgan fingerprint density at radius 3 is 2.28 bits per heavy atom. The Balaban J connectivity index is 1.75. The first-order valence-electron chi connectivity index (χ1n) is 9.88. The fourth-order valence-electron chi connectivity index (χ4n) is 2.81. The molecule has 0 bridgehead atoms. The normalized spacial score (nSPS) is 10.8. The third kappa shape index (κ3) is 5.34. The molecule has 10 heteroatoms. The van der Waals surface area contributed by atoms with E-state index in [0.717, 1.165) is 6.42 Å². The summed E-state index contributed by atoms with van der Waals surface area (Å²) in [5.74, 6) is 2.37. The molecular weight excluding hydrogens is 414 g/mol. The second kappa shape index (κ2) is 10.8. The largest absolute Gasteiger partial charge is 0.497 e. The lowest BCUT2D eigenvalue weighted by atomic mass is 10.1. The number of benzene rings is 2. The van der Waals surface area contributed by atoms with Crippen molar-refractivity contribution >= 4 is 12.2 Å². The number of nitrogens with one attached hydrogen (secondary N) is 2. The molecule has 0 aliphatic heterocycles. The zero-order valence-electron chi connectivity index (χ0n) is 18.3. The predicted octanol–water partition coefficient (Wildman–Crippen LogP) is 3.09. The second-order valence-electron chi connectivity index (χ2n) is 6.55. The van der Waals surface area contributed by atoms with E-state index in [9.17, 15) is 4.79 Å². The van der Waals surface area contributed by atoms with Crippen LogP contribution in [0.1, 0.15) is 18.9 Å². The summed E-state index contributed by atoms with van der Waals surface area (Å²) in [6.07, 6.45) is 2.39. The number of rotatable bonds is 10. The maximum absolute atomic E-state index is 12.4. The van der Waals surface area contributed by atoms with Gasteiger partial charge in [0.05, 0.1) is 34.2 Å². The molecule has 0 saturated carbocycles. The molecule has 3 rings (SSSR count). The standard InChI is InChI=1S/C22H25N5O5/c1-5-10-32-20-17(30-3)11-14(12-18(20)31-4)13-23-26-22-24-21(28)19(25-27-22)15-6-8-16(29-2)9-7-15/h6-9,11-13H,5,10H2,1-4H3,(H2,24,26,27,28)/b23-13+. The van der Waals surface area contributed by atoms with Crippen LogP contribution in [0.4, 0.5) is 5.95 Å². The number of methoxy groups -OCH3 is 3. The zero-order chi connectivity index (χ0) is 22.9. The van der Waals surface area contributed by atoms with Gasteiger partial charge < -0.3 is 18.9 Å². The second-order valence-corrected chi connectivity index (χ2v) is 6.55. The van der Waals surface area contributed by atoms with Gasteiger partial charge in [0.15, 0.2) is 17.2 Å². The van der Waals surface area contributed by atoms with E-state index < -0.39 is 5.56 Å². The van der Waals surface area contributed by atoms with Crippen molar-refractivity contribution in [3.63, 3.8) is 0 Å². The highest BCUT2D eigenvalue weighted by molar-refractivity contribution is 5.82. The third-order valence-corrected chi connectivity index (χ3v) is 4.38. The molecule has 0 atom stereocenters.